The van der Waals surface area contributed by atoms with E-state index in [0.717, 1.165) is 0 Å². The number of amides is 2. The van der Waals surface area contributed by atoms with E-state index in [1.54, 1.807) is 26.0 Å². The molecule has 2 rings (SSSR count). The molecule has 2 aromatic carbocycles. The third-order valence-corrected chi connectivity index (χ3v) is 6.22. The minimum Gasteiger partial charge on any atom is -0.484 e. The average Bonchev–Trinajstić information content (AvgIpc) is 2.76. The van der Waals surface area contributed by atoms with Crippen LogP contribution < -0.4 is 15.6 Å². The fraction of sp³-hybridized carbons (Fsp3) is 0.238. The first-order chi connectivity index (χ1) is 14.8. The maximum Gasteiger partial charge on any atom is 0.276 e. The number of carbonyl (C=O) groups is 2. The van der Waals surface area contributed by atoms with Crippen molar-refractivity contribution in [2.75, 3.05) is 19.7 Å². The Kier molecular flexibility index (Phi) is 8.71. The van der Waals surface area contributed by atoms with Crippen LogP contribution in [0, 0.1) is 5.82 Å². The SMILES string of the molecule is CCN(CC)S(=O)(=O)c1ccc(/C=C/C(=O)NNC(=O)COc2ccc(F)cc2)cc1. The second-order valence-electron chi connectivity index (χ2n) is 6.27. The monoisotopic (exact) mass is 449 g/mol. The van der Waals surface area contributed by atoms with E-state index in [4.69, 9.17) is 4.74 Å². The number of hydrazine groups is 1. The van der Waals surface area contributed by atoms with E-state index in [9.17, 15) is 22.4 Å². The Morgan fingerprint density at radius 3 is 2.19 bits per heavy atom. The predicted molar refractivity (Wildman–Crippen MR) is 114 cm³/mol. The molecule has 0 saturated heterocycles. The zero-order chi connectivity index (χ0) is 22.9. The maximum atomic E-state index is 12.8. The van der Waals surface area contributed by atoms with Gasteiger partial charge in [0.15, 0.2) is 6.61 Å². The third kappa shape index (κ3) is 7.19. The molecule has 10 heteroatoms. The van der Waals surface area contributed by atoms with Gasteiger partial charge in [-0.2, -0.15) is 4.31 Å². The Hall–Kier alpha value is -3.24. The topological polar surface area (TPSA) is 105 Å². The van der Waals surface area contributed by atoms with Gasteiger partial charge in [0.1, 0.15) is 11.6 Å². The van der Waals surface area contributed by atoms with Gasteiger partial charge in [-0.15, -0.1) is 0 Å². The summed E-state index contributed by atoms with van der Waals surface area (Å²) in [6, 6.07) is 11.3. The molecule has 0 aliphatic carbocycles. The molecule has 2 N–H and O–H groups in total. The molecule has 0 aromatic heterocycles. The lowest BCUT2D eigenvalue weighted by Gasteiger charge is -2.18. The average molecular weight is 450 g/mol. The summed E-state index contributed by atoms with van der Waals surface area (Å²) < 4.78 is 44.2. The van der Waals surface area contributed by atoms with Crippen LogP contribution in [-0.2, 0) is 19.6 Å². The van der Waals surface area contributed by atoms with Gasteiger partial charge in [0.05, 0.1) is 4.90 Å². The molecule has 0 radical (unpaired) electrons. The highest BCUT2D eigenvalue weighted by Gasteiger charge is 2.20. The molecule has 2 aromatic rings. The first kappa shape index (κ1) is 24.0. The van der Waals surface area contributed by atoms with Gasteiger partial charge < -0.3 is 4.74 Å². The summed E-state index contributed by atoms with van der Waals surface area (Å²) in [4.78, 5) is 23.7. The quantitative estimate of drug-likeness (QED) is 0.451. The van der Waals surface area contributed by atoms with E-state index in [0.29, 0.717) is 24.4 Å². The summed E-state index contributed by atoms with van der Waals surface area (Å²) in [5.74, 6) is -1.29. The molecule has 0 aliphatic rings. The molecule has 0 fully saturated rings. The molecule has 166 valence electrons. The lowest BCUT2D eigenvalue weighted by Crippen LogP contribution is -2.43. The Morgan fingerprint density at radius 1 is 1.00 bits per heavy atom. The van der Waals surface area contributed by atoms with Crippen molar-refractivity contribution in [3.8, 4) is 5.75 Å². The molecule has 0 aliphatic heterocycles. The number of sulfonamides is 1. The largest absolute Gasteiger partial charge is 0.484 e. The van der Waals surface area contributed by atoms with Crippen molar-refractivity contribution < 1.29 is 27.1 Å². The number of carbonyl (C=O) groups excluding carboxylic acids is 2. The highest BCUT2D eigenvalue weighted by atomic mass is 32.2. The van der Waals surface area contributed by atoms with E-state index in [1.807, 2.05) is 0 Å². The van der Waals surface area contributed by atoms with E-state index >= 15 is 0 Å². The van der Waals surface area contributed by atoms with Crippen LogP contribution in [0.25, 0.3) is 6.08 Å². The molecule has 0 saturated carbocycles. The molecular weight excluding hydrogens is 425 g/mol. The van der Waals surface area contributed by atoms with Crippen LogP contribution >= 0.6 is 0 Å². The lowest BCUT2D eigenvalue weighted by atomic mass is 10.2. The van der Waals surface area contributed by atoms with Crippen LogP contribution in [0.15, 0.2) is 59.5 Å². The van der Waals surface area contributed by atoms with Gasteiger partial charge in [-0.05, 0) is 48.0 Å². The van der Waals surface area contributed by atoms with Gasteiger partial charge in [0.25, 0.3) is 11.8 Å². The zero-order valence-electron chi connectivity index (χ0n) is 17.2. The Balaban J connectivity index is 1.83. The van der Waals surface area contributed by atoms with Crippen molar-refractivity contribution in [3.05, 3.63) is 66.0 Å². The number of ether oxygens (including phenoxy) is 1. The van der Waals surface area contributed by atoms with Gasteiger partial charge in [-0.3, -0.25) is 20.4 Å². The van der Waals surface area contributed by atoms with Crippen LogP contribution in [0.4, 0.5) is 4.39 Å². The van der Waals surface area contributed by atoms with E-state index in [1.165, 1.54) is 52.9 Å². The van der Waals surface area contributed by atoms with E-state index < -0.39 is 27.7 Å². The highest BCUT2D eigenvalue weighted by molar-refractivity contribution is 7.89. The van der Waals surface area contributed by atoms with Crippen molar-refractivity contribution >= 4 is 27.9 Å². The predicted octanol–water partition coefficient (Wildman–Crippen LogP) is 2.10. The van der Waals surface area contributed by atoms with Gasteiger partial charge in [0, 0.05) is 19.2 Å². The molecule has 0 bridgehead atoms. The number of benzene rings is 2. The Morgan fingerprint density at radius 2 is 1.61 bits per heavy atom. The number of halogens is 1. The van der Waals surface area contributed by atoms with Crippen molar-refractivity contribution in [1.82, 2.24) is 15.2 Å². The molecule has 2 amide bonds. The molecule has 0 spiro atoms. The van der Waals surface area contributed by atoms with Gasteiger partial charge in [-0.1, -0.05) is 26.0 Å². The van der Waals surface area contributed by atoms with Crippen LogP contribution in [0.2, 0.25) is 0 Å². The zero-order valence-corrected chi connectivity index (χ0v) is 18.0. The second-order valence-corrected chi connectivity index (χ2v) is 8.21. The number of nitrogens with zero attached hydrogens (tertiary/aromatic N) is 1. The summed E-state index contributed by atoms with van der Waals surface area (Å²) in [6.07, 6.45) is 2.67. The summed E-state index contributed by atoms with van der Waals surface area (Å²) in [7, 11) is -3.54. The number of hydrogen-bond acceptors (Lipinski definition) is 5. The van der Waals surface area contributed by atoms with Crippen molar-refractivity contribution in [2.45, 2.75) is 18.7 Å². The lowest BCUT2D eigenvalue weighted by molar-refractivity contribution is -0.128. The second kappa shape index (κ2) is 11.2. The van der Waals surface area contributed by atoms with Crippen LogP contribution in [-0.4, -0.2) is 44.2 Å². The Bertz CT molecular complexity index is 1020. The molecule has 31 heavy (non-hydrogen) atoms. The minimum absolute atomic E-state index is 0.172. The molecular formula is C21H24FN3O5S. The van der Waals surface area contributed by atoms with Crippen LogP contribution in [0.1, 0.15) is 19.4 Å². The van der Waals surface area contributed by atoms with Crippen LogP contribution in [0.3, 0.4) is 0 Å². The van der Waals surface area contributed by atoms with E-state index in [2.05, 4.69) is 10.9 Å². The van der Waals surface area contributed by atoms with Gasteiger partial charge >= 0.3 is 0 Å². The van der Waals surface area contributed by atoms with Gasteiger partial charge in [0.2, 0.25) is 10.0 Å². The summed E-state index contributed by atoms with van der Waals surface area (Å²) in [6.45, 7) is 3.93. The smallest absolute Gasteiger partial charge is 0.276 e. The molecule has 0 unspecified atom stereocenters. The summed E-state index contributed by atoms with van der Waals surface area (Å²) >= 11 is 0. The summed E-state index contributed by atoms with van der Waals surface area (Å²) in [5, 5.41) is 0. The first-order valence-electron chi connectivity index (χ1n) is 9.51. The fourth-order valence-electron chi connectivity index (χ4n) is 2.52. The molecule has 8 nitrogen and oxygen atoms in total. The van der Waals surface area contributed by atoms with Crippen molar-refractivity contribution in [2.24, 2.45) is 0 Å². The standard InChI is InChI=1S/C21H24FN3O5S/c1-3-25(4-2)31(28,29)19-12-5-16(6-13-19)7-14-20(26)23-24-21(27)15-30-18-10-8-17(22)9-11-18/h5-14H,3-4,15H2,1-2H3,(H,23,26)(H,24,27)/b14-7+. The van der Waals surface area contributed by atoms with Crippen molar-refractivity contribution in [3.63, 3.8) is 0 Å². The summed E-state index contributed by atoms with van der Waals surface area (Å²) in [5.41, 5.74) is 4.99. The molecule has 0 atom stereocenters. The normalized spacial score (nSPS) is 11.5. The number of hydrogen-bond donors (Lipinski definition) is 2. The Labute approximate surface area is 180 Å². The fourth-order valence-corrected chi connectivity index (χ4v) is 3.98. The third-order valence-electron chi connectivity index (χ3n) is 4.16. The van der Waals surface area contributed by atoms with Crippen molar-refractivity contribution in [1.29, 1.82) is 0 Å². The van der Waals surface area contributed by atoms with Gasteiger partial charge in [-0.25, -0.2) is 12.8 Å². The van der Waals surface area contributed by atoms with E-state index in [-0.39, 0.29) is 11.5 Å². The molecule has 0 heterocycles. The first-order valence-corrected chi connectivity index (χ1v) is 11.0. The highest BCUT2D eigenvalue weighted by Crippen LogP contribution is 2.16. The maximum absolute atomic E-state index is 12.8. The van der Waals surface area contributed by atoms with Crippen LogP contribution in [0.5, 0.6) is 5.75 Å². The number of nitrogens with one attached hydrogen (secondary N) is 2. The number of rotatable bonds is 9. The minimum atomic E-state index is -3.54.